The molecular weight excluding hydrogens is 401 g/mol. The molecular formula is C18H21BrFN5O. The maximum atomic E-state index is 13.1. The molecule has 2 heterocycles. The second-order valence-corrected chi connectivity index (χ2v) is 7.25. The van der Waals surface area contributed by atoms with Gasteiger partial charge < -0.3 is 16.0 Å². The second-order valence-electron chi connectivity index (χ2n) is 6.46. The third-order valence-electron chi connectivity index (χ3n) is 4.60. The Hall–Kier alpha value is -2.06. The molecule has 1 aliphatic heterocycles. The molecule has 0 aliphatic carbocycles. The molecule has 1 aliphatic rings. The summed E-state index contributed by atoms with van der Waals surface area (Å²) in [6.07, 6.45) is 2.64. The van der Waals surface area contributed by atoms with Crippen molar-refractivity contribution in [1.82, 2.24) is 20.2 Å². The second kappa shape index (κ2) is 8.09. The van der Waals surface area contributed by atoms with Crippen LogP contribution in [-0.2, 0) is 11.3 Å². The Labute approximate surface area is 160 Å². The first kappa shape index (κ1) is 18.7. The number of likely N-dealkylation sites (tertiary alicyclic amines) is 1. The molecule has 0 radical (unpaired) electrons. The summed E-state index contributed by atoms with van der Waals surface area (Å²) in [5, 5.41) is 2.90. The molecule has 3 N–H and O–H groups in total. The number of aromatic nitrogens is 2. The van der Waals surface area contributed by atoms with Gasteiger partial charge in [-0.05, 0) is 66.6 Å². The summed E-state index contributed by atoms with van der Waals surface area (Å²) in [5.41, 5.74) is 7.69. The highest BCUT2D eigenvalue weighted by molar-refractivity contribution is 9.10. The third-order valence-corrected chi connectivity index (χ3v) is 5.43. The number of benzene rings is 1. The summed E-state index contributed by atoms with van der Waals surface area (Å²) >= 11 is 3.48. The van der Waals surface area contributed by atoms with Crippen LogP contribution in [-0.4, -0.2) is 40.4 Å². The minimum absolute atomic E-state index is 0.0174. The van der Waals surface area contributed by atoms with E-state index in [1.807, 2.05) is 7.05 Å². The van der Waals surface area contributed by atoms with Gasteiger partial charge in [0.15, 0.2) is 0 Å². The maximum Gasteiger partial charge on any atom is 0.221 e. The lowest BCUT2D eigenvalue weighted by atomic mass is 10.1. The fraction of sp³-hybridized carbons (Fsp3) is 0.389. The summed E-state index contributed by atoms with van der Waals surface area (Å²) in [4.78, 5) is 22.9. The average Bonchev–Trinajstić information content (AvgIpc) is 3.01. The predicted octanol–water partition coefficient (Wildman–Crippen LogP) is 2.73. The van der Waals surface area contributed by atoms with E-state index in [9.17, 15) is 9.18 Å². The number of halogens is 2. The molecule has 0 spiro atoms. The first-order valence-electron chi connectivity index (χ1n) is 8.49. The Morgan fingerprint density at radius 1 is 1.38 bits per heavy atom. The van der Waals surface area contributed by atoms with Crippen molar-refractivity contribution in [2.75, 3.05) is 19.3 Å². The van der Waals surface area contributed by atoms with Crippen LogP contribution >= 0.6 is 15.9 Å². The normalized spacial score (nSPS) is 17.4. The Kier molecular flexibility index (Phi) is 5.83. The van der Waals surface area contributed by atoms with E-state index in [2.05, 4.69) is 36.1 Å². The summed E-state index contributed by atoms with van der Waals surface area (Å²) in [7, 11) is 2.04. The first-order valence-corrected chi connectivity index (χ1v) is 9.28. The molecule has 26 heavy (non-hydrogen) atoms. The summed E-state index contributed by atoms with van der Waals surface area (Å²) < 4.78 is 13.8. The molecule has 1 atom stereocenters. The van der Waals surface area contributed by atoms with E-state index in [1.54, 1.807) is 12.1 Å². The number of carbonyl (C=O) groups is 1. The molecule has 1 aromatic carbocycles. The lowest BCUT2D eigenvalue weighted by Crippen LogP contribution is -2.33. The maximum absolute atomic E-state index is 13.1. The third kappa shape index (κ3) is 4.37. The van der Waals surface area contributed by atoms with Crippen molar-refractivity contribution in [3.63, 3.8) is 0 Å². The fourth-order valence-corrected chi connectivity index (χ4v) is 3.68. The zero-order valence-corrected chi connectivity index (χ0v) is 16.1. The number of hydrogen-bond acceptors (Lipinski definition) is 5. The largest absolute Gasteiger partial charge is 0.368 e. The van der Waals surface area contributed by atoms with E-state index in [4.69, 9.17) is 5.73 Å². The number of nitrogens with zero attached hydrogens (tertiary/aromatic N) is 3. The Bertz CT molecular complexity index is 799. The molecule has 1 amide bonds. The first-order chi connectivity index (χ1) is 12.4. The van der Waals surface area contributed by atoms with Crippen LogP contribution in [0, 0.1) is 5.82 Å². The van der Waals surface area contributed by atoms with Crippen LogP contribution in [0.4, 0.5) is 10.3 Å². The number of amides is 1. The SMILES string of the molecule is CN1CCC[C@@H]1CC(=O)NCc1nc(N)nc(-c2ccc(F)cc2)c1Br. The van der Waals surface area contributed by atoms with Crippen LogP contribution in [0.15, 0.2) is 28.7 Å². The van der Waals surface area contributed by atoms with Crippen LogP contribution in [0.1, 0.15) is 25.0 Å². The van der Waals surface area contributed by atoms with Gasteiger partial charge in [0.1, 0.15) is 5.82 Å². The molecule has 1 fully saturated rings. The lowest BCUT2D eigenvalue weighted by molar-refractivity contribution is -0.122. The van der Waals surface area contributed by atoms with Crippen LogP contribution in [0.2, 0.25) is 0 Å². The smallest absolute Gasteiger partial charge is 0.221 e. The summed E-state index contributed by atoms with van der Waals surface area (Å²) in [6.45, 7) is 1.28. The molecule has 3 rings (SSSR count). The molecule has 1 aromatic heterocycles. The molecule has 0 bridgehead atoms. The average molecular weight is 422 g/mol. The standard InChI is InChI=1S/C18H21BrFN5O/c1-25-8-2-3-13(25)9-15(26)22-10-14-16(19)17(24-18(21)23-14)11-4-6-12(20)7-5-11/h4-7,13H,2-3,8-10H2,1H3,(H,22,26)(H2,21,23,24)/t13-/m1/s1. The van der Waals surface area contributed by atoms with E-state index in [1.165, 1.54) is 12.1 Å². The van der Waals surface area contributed by atoms with Gasteiger partial charge in [-0.1, -0.05) is 0 Å². The van der Waals surface area contributed by atoms with Gasteiger partial charge in [0.25, 0.3) is 0 Å². The highest BCUT2D eigenvalue weighted by Crippen LogP contribution is 2.29. The number of rotatable bonds is 5. The monoisotopic (exact) mass is 421 g/mol. The van der Waals surface area contributed by atoms with Crippen molar-refractivity contribution >= 4 is 27.8 Å². The number of nitrogen functional groups attached to an aromatic ring is 1. The number of anilines is 1. The summed E-state index contributed by atoms with van der Waals surface area (Å²) in [5.74, 6) is -0.236. The molecule has 8 heteroatoms. The van der Waals surface area contributed by atoms with Crippen LogP contribution in [0.25, 0.3) is 11.3 Å². The van der Waals surface area contributed by atoms with Gasteiger partial charge in [0.05, 0.1) is 22.4 Å². The minimum Gasteiger partial charge on any atom is -0.368 e. The van der Waals surface area contributed by atoms with Gasteiger partial charge in [0, 0.05) is 18.0 Å². The van der Waals surface area contributed by atoms with Crippen molar-refractivity contribution in [1.29, 1.82) is 0 Å². The lowest BCUT2D eigenvalue weighted by Gasteiger charge is -2.18. The van der Waals surface area contributed by atoms with E-state index >= 15 is 0 Å². The number of carbonyl (C=O) groups excluding carboxylic acids is 1. The highest BCUT2D eigenvalue weighted by atomic mass is 79.9. The molecule has 1 saturated heterocycles. The van der Waals surface area contributed by atoms with Gasteiger partial charge in [0.2, 0.25) is 11.9 Å². The highest BCUT2D eigenvalue weighted by Gasteiger charge is 2.23. The van der Waals surface area contributed by atoms with Crippen LogP contribution in [0.3, 0.4) is 0 Å². The number of nitrogens with two attached hydrogens (primary N) is 1. The van der Waals surface area contributed by atoms with Crippen molar-refractivity contribution < 1.29 is 9.18 Å². The van der Waals surface area contributed by atoms with Gasteiger partial charge in [-0.25, -0.2) is 14.4 Å². The topological polar surface area (TPSA) is 84.1 Å². The summed E-state index contributed by atoms with van der Waals surface area (Å²) in [6, 6.07) is 6.27. The van der Waals surface area contributed by atoms with E-state index in [0.717, 1.165) is 19.4 Å². The van der Waals surface area contributed by atoms with Gasteiger partial charge in [-0.3, -0.25) is 4.79 Å². The fourth-order valence-electron chi connectivity index (χ4n) is 3.13. The van der Waals surface area contributed by atoms with Crippen molar-refractivity contribution in [2.45, 2.75) is 31.8 Å². The van der Waals surface area contributed by atoms with Crippen molar-refractivity contribution in [3.05, 3.63) is 40.2 Å². The van der Waals surface area contributed by atoms with E-state index < -0.39 is 0 Å². The zero-order chi connectivity index (χ0) is 18.7. The Balaban J connectivity index is 1.71. The Morgan fingerprint density at radius 3 is 2.77 bits per heavy atom. The van der Waals surface area contributed by atoms with E-state index in [0.29, 0.717) is 33.9 Å². The molecule has 138 valence electrons. The molecule has 6 nitrogen and oxygen atoms in total. The molecule has 0 unspecified atom stereocenters. The molecule has 2 aromatic rings. The van der Waals surface area contributed by atoms with Gasteiger partial charge in [-0.2, -0.15) is 0 Å². The van der Waals surface area contributed by atoms with Crippen molar-refractivity contribution in [3.8, 4) is 11.3 Å². The van der Waals surface area contributed by atoms with Crippen LogP contribution in [0.5, 0.6) is 0 Å². The predicted molar refractivity (Wildman–Crippen MR) is 102 cm³/mol. The number of hydrogen-bond donors (Lipinski definition) is 2. The number of nitrogens with one attached hydrogen (secondary N) is 1. The van der Waals surface area contributed by atoms with Crippen LogP contribution < -0.4 is 11.1 Å². The Morgan fingerprint density at radius 2 is 2.12 bits per heavy atom. The van der Waals surface area contributed by atoms with Gasteiger partial charge in [-0.15, -0.1) is 0 Å². The minimum atomic E-state index is -0.323. The van der Waals surface area contributed by atoms with Crippen molar-refractivity contribution in [2.24, 2.45) is 0 Å². The van der Waals surface area contributed by atoms with Gasteiger partial charge >= 0.3 is 0 Å². The quantitative estimate of drug-likeness (QED) is 0.774. The van der Waals surface area contributed by atoms with E-state index in [-0.39, 0.29) is 24.2 Å². The zero-order valence-electron chi connectivity index (χ0n) is 14.5. The molecule has 0 saturated carbocycles.